The molecule has 136 valence electrons. The van der Waals surface area contributed by atoms with E-state index in [-0.39, 0.29) is 0 Å². The second-order valence-electron chi connectivity index (χ2n) is 5.93. The number of benzene rings is 1. The summed E-state index contributed by atoms with van der Waals surface area (Å²) in [7, 11) is 3.81. The van der Waals surface area contributed by atoms with E-state index in [1.54, 1.807) is 21.6 Å². The lowest BCUT2D eigenvalue weighted by Gasteiger charge is -2.19. The molecule has 1 aromatic carbocycles. The number of hydrogen-bond donors (Lipinski definition) is 1. The fourth-order valence-corrected chi connectivity index (χ4v) is 3.07. The number of aryl methyl sites for hydroxylation is 1. The molecule has 0 bridgehead atoms. The van der Waals surface area contributed by atoms with E-state index in [9.17, 15) is 0 Å². The number of nitrogens with one attached hydrogen (secondary N) is 1. The van der Waals surface area contributed by atoms with Gasteiger partial charge >= 0.3 is 0 Å². The van der Waals surface area contributed by atoms with E-state index in [0.717, 1.165) is 16.9 Å². The average Bonchev–Trinajstić information content (AvgIpc) is 3.19. The van der Waals surface area contributed by atoms with Crippen molar-refractivity contribution in [3.05, 3.63) is 64.2 Å². The average molecular weight is 409 g/mol. The van der Waals surface area contributed by atoms with Crippen LogP contribution in [0, 0.1) is 0 Å². The highest BCUT2D eigenvalue weighted by molar-refractivity contribution is 7.80. The van der Waals surface area contributed by atoms with Gasteiger partial charge in [-0.1, -0.05) is 29.3 Å². The molecule has 0 atom stereocenters. The molecule has 26 heavy (non-hydrogen) atoms. The van der Waals surface area contributed by atoms with Gasteiger partial charge in [0.1, 0.15) is 0 Å². The summed E-state index contributed by atoms with van der Waals surface area (Å²) < 4.78 is 3.56. The van der Waals surface area contributed by atoms with Crippen LogP contribution >= 0.6 is 35.4 Å². The van der Waals surface area contributed by atoms with Crippen molar-refractivity contribution >= 4 is 46.2 Å². The number of anilines is 1. The smallest absolute Gasteiger partial charge is 0.173 e. The molecule has 0 aliphatic heterocycles. The first-order valence-electron chi connectivity index (χ1n) is 7.88. The number of nitrogens with zero attached hydrogens (tertiary/aromatic N) is 5. The first kappa shape index (κ1) is 18.7. The predicted octanol–water partition coefficient (Wildman–Crippen LogP) is 3.80. The zero-order valence-corrected chi connectivity index (χ0v) is 16.7. The number of aromatic nitrogens is 4. The van der Waals surface area contributed by atoms with Gasteiger partial charge in [0.05, 0.1) is 30.7 Å². The lowest BCUT2D eigenvalue weighted by atomic mass is 10.2. The molecule has 0 radical (unpaired) electrons. The summed E-state index contributed by atoms with van der Waals surface area (Å²) in [4.78, 5) is 1.92. The maximum atomic E-state index is 6.21. The third kappa shape index (κ3) is 4.75. The van der Waals surface area contributed by atoms with Crippen LogP contribution in [0.15, 0.2) is 42.9 Å². The molecule has 0 saturated carbocycles. The molecule has 3 aromatic rings. The maximum absolute atomic E-state index is 6.21. The normalized spacial score (nSPS) is 10.8. The standard InChI is InChI=1S/C17H18Cl2N6S/c1-23(10-14-5-6-24(2)22-14)17(26)21-15-8-20-25(11-15)9-12-3-4-13(18)7-16(12)19/h3-8,11H,9-10H2,1-2H3,(H,21,26). The van der Waals surface area contributed by atoms with Crippen LogP contribution in [0.2, 0.25) is 10.0 Å². The summed E-state index contributed by atoms with van der Waals surface area (Å²) in [5.41, 5.74) is 2.71. The molecular weight excluding hydrogens is 391 g/mol. The van der Waals surface area contributed by atoms with E-state index in [1.807, 2.05) is 49.6 Å². The highest BCUT2D eigenvalue weighted by atomic mass is 35.5. The van der Waals surface area contributed by atoms with Crippen molar-refractivity contribution in [1.82, 2.24) is 24.5 Å². The first-order valence-corrected chi connectivity index (χ1v) is 9.04. The predicted molar refractivity (Wildman–Crippen MR) is 109 cm³/mol. The Morgan fingerprint density at radius 1 is 1.31 bits per heavy atom. The topological polar surface area (TPSA) is 50.9 Å². The summed E-state index contributed by atoms with van der Waals surface area (Å²) >= 11 is 17.6. The minimum absolute atomic E-state index is 0.550. The molecule has 9 heteroatoms. The second kappa shape index (κ2) is 8.07. The van der Waals surface area contributed by atoms with Crippen LogP contribution in [0.1, 0.15) is 11.3 Å². The van der Waals surface area contributed by atoms with Crippen LogP contribution < -0.4 is 5.32 Å². The van der Waals surface area contributed by atoms with Gasteiger partial charge in [0.25, 0.3) is 0 Å². The van der Waals surface area contributed by atoms with Gasteiger partial charge in [-0.25, -0.2) is 0 Å². The number of thiocarbonyl (C=S) groups is 1. The van der Waals surface area contributed by atoms with Crippen LogP contribution in [0.4, 0.5) is 5.69 Å². The van der Waals surface area contributed by atoms with Gasteiger partial charge in [0.2, 0.25) is 0 Å². The largest absolute Gasteiger partial charge is 0.346 e. The van der Waals surface area contributed by atoms with Crippen LogP contribution in [-0.2, 0) is 20.1 Å². The van der Waals surface area contributed by atoms with Gasteiger partial charge in [0.15, 0.2) is 5.11 Å². The summed E-state index contributed by atoms with van der Waals surface area (Å²) in [6.07, 6.45) is 5.52. The zero-order chi connectivity index (χ0) is 18.7. The molecule has 2 heterocycles. The molecule has 3 rings (SSSR count). The highest BCUT2D eigenvalue weighted by Gasteiger charge is 2.09. The Hall–Kier alpha value is -2.09. The Morgan fingerprint density at radius 3 is 2.81 bits per heavy atom. The van der Waals surface area contributed by atoms with Gasteiger partial charge in [-0.3, -0.25) is 9.36 Å². The van der Waals surface area contributed by atoms with E-state index < -0.39 is 0 Å². The van der Waals surface area contributed by atoms with Gasteiger partial charge in [-0.2, -0.15) is 10.2 Å². The summed E-state index contributed by atoms with van der Waals surface area (Å²) in [6, 6.07) is 7.40. The van der Waals surface area contributed by atoms with Gasteiger partial charge in [-0.05, 0) is 36.0 Å². The molecule has 0 fully saturated rings. The fourth-order valence-electron chi connectivity index (χ4n) is 2.42. The van der Waals surface area contributed by atoms with Crippen molar-refractivity contribution in [3.63, 3.8) is 0 Å². The molecule has 0 aliphatic rings. The Balaban J connectivity index is 1.59. The van der Waals surface area contributed by atoms with Crippen LogP contribution in [-0.4, -0.2) is 36.6 Å². The summed E-state index contributed by atoms with van der Waals surface area (Å²) in [5.74, 6) is 0. The quantitative estimate of drug-likeness (QED) is 0.650. The molecule has 6 nitrogen and oxygen atoms in total. The van der Waals surface area contributed by atoms with Crippen molar-refractivity contribution < 1.29 is 0 Å². The molecule has 1 N–H and O–H groups in total. The molecule has 0 amide bonds. The minimum atomic E-state index is 0.550. The number of hydrogen-bond acceptors (Lipinski definition) is 3. The minimum Gasteiger partial charge on any atom is -0.346 e. The Kier molecular flexibility index (Phi) is 5.80. The van der Waals surface area contributed by atoms with Gasteiger partial charge in [0, 0.05) is 36.5 Å². The van der Waals surface area contributed by atoms with E-state index in [2.05, 4.69) is 15.5 Å². The van der Waals surface area contributed by atoms with E-state index in [1.165, 1.54) is 0 Å². The van der Waals surface area contributed by atoms with Crippen LogP contribution in [0.25, 0.3) is 0 Å². The van der Waals surface area contributed by atoms with Crippen molar-refractivity contribution in [2.75, 3.05) is 12.4 Å². The summed E-state index contributed by atoms with van der Waals surface area (Å²) in [5, 5.41) is 13.7. The first-order chi connectivity index (χ1) is 12.4. The maximum Gasteiger partial charge on any atom is 0.173 e. The van der Waals surface area contributed by atoms with Gasteiger partial charge in [-0.15, -0.1) is 0 Å². The molecule has 2 aromatic heterocycles. The van der Waals surface area contributed by atoms with Crippen LogP contribution in [0.5, 0.6) is 0 Å². The Bertz CT molecular complexity index is 920. The van der Waals surface area contributed by atoms with Crippen LogP contribution in [0.3, 0.4) is 0 Å². The lowest BCUT2D eigenvalue weighted by molar-refractivity contribution is 0.495. The number of halogens is 2. The molecule has 0 aliphatic carbocycles. The zero-order valence-electron chi connectivity index (χ0n) is 14.4. The molecular formula is C17H18Cl2N6S. The van der Waals surface area contributed by atoms with E-state index >= 15 is 0 Å². The van der Waals surface area contributed by atoms with Crippen molar-refractivity contribution in [2.24, 2.45) is 7.05 Å². The monoisotopic (exact) mass is 408 g/mol. The van der Waals surface area contributed by atoms with Gasteiger partial charge < -0.3 is 10.2 Å². The Labute approximate surface area is 167 Å². The third-order valence-electron chi connectivity index (χ3n) is 3.75. The van der Waals surface area contributed by atoms with E-state index in [0.29, 0.717) is 28.2 Å². The lowest BCUT2D eigenvalue weighted by Crippen LogP contribution is -2.30. The molecule has 0 spiro atoms. The Morgan fingerprint density at radius 2 is 2.12 bits per heavy atom. The molecule has 0 saturated heterocycles. The second-order valence-corrected chi connectivity index (χ2v) is 7.16. The SMILES string of the molecule is CN(Cc1ccn(C)n1)C(=S)Nc1cnn(Cc2ccc(Cl)cc2Cl)c1. The fraction of sp³-hybridized carbons (Fsp3) is 0.235. The third-order valence-corrected chi connectivity index (χ3v) is 4.75. The van der Waals surface area contributed by atoms with Crippen molar-refractivity contribution in [2.45, 2.75) is 13.1 Å². The highest BCUT2D eigenvalue weighted by Crippen LogP contribution is 2.22. The van der Waals surface area contributed by atoms with Crippen molar-refractivity contribution in [3.8, 4) is 0 Å². The molecule has 0 unspecified atom stereocenters. The van der Waals surface area contributed by atoms with Crippen molar-refractivity contribution in [1.29, 1.82) is 0 Å². The van der Waals surface area contributed by atoms with E-state index in [4.69, 9.17) is 35.4 Å². The number of rotatable bonds is 5. The summed E-state index contributed by atoms with van der Waals surface area (Å²) in [6.45, 7) is 1.18.